The number of carbonyl (C=O) groups is 1. The van der Waals surface area contributed by atoms with Crippen molar-refractivity contribution in [2.24, 2.45) is 5.41 Å². The predicted octanol–water partition coefficient (Wildman–Crippen LogP) is 1.56. The molecule has 1 aliphatic carbocycles. The Hall–Kier alpha value is -1.69. The molecule has 0 unspecified atom stereocenters. The van der Waals surface area contributed by atoms with E-state index in [1.807, 2.05) is 0 Å². The molecule has 1 aromatic rings. The molecule has 6 nitrogen and oxygen atoms in total. The Bertz CT molecular complexity index is 730. The number of likely N-dealkylation sites (N-methyl/N-ethyl adjacent to an activating group) is 1. The summed E-state index contributed by atoms with van der Waals surface area (Å²) in [7, 11) is 2.20. The van der Waals surface area contributed by atoms with Gasteiger partial charge in [-0.05, 0) is 39.3 Å². The zero-order valence-electron chi connectivity index (χ0n) is 14.7. The van der Waals surface area contributed by atoms with Gasteiger partial charge < -0.3 is 14.8 Å². The van der Waals surface area contributed by atoms with E-state index in [9.17, 15) is 9.59 Å². The fourth-order valence-electron chi connectivity index (χ4n) is 5.61. The first-order valence-electron chi connectivity index (χ1n) is 9.01. The Morgan fingerprint density at radius 1 is 1.33 bits per heavy atom. The molecule has 4 rings (SSSR count). The fourth-order valence-corrected chi connectivity index (χ4v) is 5.61. The van der Waals surface area contributed by atoms with Crippen LogP contribution in [0.4, 0.5) is 0 Å². The van der Waals surface area contributed by atoms with Crippen molar-refractivity contribution >= 4 is 5.91 Å². The Morgan fingerprint density at radius 3 is 2.75 bits per heavy atom. The van der Waals surface area contributed by atoms with E-state index in [1.165, 1.54) is 19.3 Å². The van der Waals surface area contributed by atoms with Crippen LogP contribution in [0, 0.1) is 12.3 Å². The van der Waals surface area contributed by atoms with Crippen molar-refractivity contribution < 1.29 is 4.79 Å². The standard InChI is InChI=1S/C18H26N4O2/c1-11-8-13(20-17(24)19-11)16(23)22-12-9-18(2)14(21(3)10-12)6-4-5-7-15(18)22/h8,12,14-15H,4-7,9-10H2,1-3H3,(H,19,20,24)/t12-,14+,15-,18+/m0/s1. The highest BCUT2D eigenvalue weighted by atomic mass is 16.2. The molecule has 4 atom stereocenters. The molecule has 6 heteroatoms. The molecule has 130 valence electrons. The predicted molar refractivity (Wildman–Crippen MR) is 91.0 cm³/mol. The van der Waals surface area contributed by atoms with Crippen molar-refractivity contribution in [1.82, 2.24) is 19.8 Å². The summed E-state index contributed by atoms with van der Waals surface area (Å²) in [4.78, 5) is 36.0. The van der Waals surface area contributed by atoms with Gasteiger partial charge in [0.25, 0.3) is 5.91 Å². The minimum absolute atomic E-state index is 0.0705. The van der Waals surface area contributed by atoms with E-state index < -0.39 is 5.69 Å². The van der Waals surface area contributed by atoms with Gasteiger partial charge in [-0.1, -0.05) is 19.8 Å². The molecule has 24 heavy (non-hydrogen) atoms. The van der Waals surface area contributed by atoms with Crippen molar-refractivity contribution in [3.63, 3.8) is 0 Å². The number of piperidine rings is 1. The number of carbonyl (C=O) groups excluding carboxylic acids is 1. The summed E-state index contributed by atoms with van der Waals surface area (Å²) in [6, 6.07) is 2.74. The van der Waals surface area contributed by atoms with E-state index in [4.69, 9.17) is 0 Å². The number of amides is 1. The molecule has 0 aromatic carbocycles. The smallest absolute Gasteiger partial charge is 0.329 e. The van der Waals surface area contributed by atoms with Gasteiger partial charge in [0.1, 0.15) is 5.69 Å². The Labute approximate surface area is 142 Å². The van der Waals surface area contributed by atoms with Gasteiger partial charge in [0.05, 0.1) is 0 Å². The van der Waals surface area contributed by atoms with Gasteiger partial charge >= 0.3 is 5.69 Å². The number of aryl methyl sites for hydroxylation is 1. The average molecular weight is 330 g/mol. The first-order chi connectivity index (χ1) is 11.4. The molecular weight excluding hydrogens is 304 g/mol. The SMILES string of the molecule is Cc1cc(C(=O)N2[C@@H]3CN(C)[C@@H]4CCCC[C@H]2[C@]4(C)C3)nc(=O)[nH]1. The molecule has 3 heterocycles. The summed E-state index contributed by atoms with van der Waals surface area (Å²) in [6.07, 6.45) is 5.76. The molecule has 2 bridgehead atoms. The number of hydrogen-bond acceptors (Lipinski definition) is 4. The van der Waals surface area contributed by atoms with E-state index in [2.05, 4.69) is 33.7 Å². The number of H-pyrrole nitrogens is 1. The van der Waals surface area contributed by atoms with Crippen LogP contribution in [-0.4, -0.2) is 57.4 Å². The second-order valence-electron chi connectivity index (χ2n) is 8.09. The van der Waals surface area contributed by atoms with E-state index in [0.717, 1.165) is 19.4 Å². The van der Waals surface area contributed by atoms with Crippen molar-refractivity contribution in [2.45, 2.75) is 64.1 Å². The molecule has 3 fully saturated rings. The van der Waals surface area contributed by atoms with E-state index in [1.54, 1.807) is 13.0 Å². The Balaban J connectivity index is 1.75. The van der Waals surface area contributed by atoms with Crippen molar-refractivity contribution in [3.05, 3.63) is 27.9 Å². The third-order valence-electron chi connectivity index (χ3n) is 6.50. The third-order valence-corrected chi connectivity index (χ3v) is 6.50. The zero-order valence-corrected chi connectivity index (χ0v) is 14.7. The lowest BCUT2D eigenvalue weighted by atomic mass is 9.71. The Morgan fingerprint density at radius 2 is 2.04 bits per heavy atom. The van der Waals surface area contributed by atoms with Gasteiger partial charge in [0, 0.05) is 35.8 Å². The maximum absolute atomic E-state index is 13.2. The highest BCUT2D eigenvalue weighted by Crippen LogP contribution is 2.53. The van der Waals surface area contributed by atoms with Crippen LogP contribution in [0.25, 0.3) is 0 Å². The van der Waals surface area contributed by atoms with E-state index in [0.29, 0.717) is 11.7 Å². The number of rotatable bonds is 1. The van der Waals surface area contributed by atoms with Crippen LogP contribution in [0.15, 0.2) is 10.9 Å². The first kappa shape index (κ1) is 15.8. The number of fused-ring (bicyclic) bond motifs is 1. The summed E-state index contributed by atoms with van der Waals surface area (Å²) in [5, 5.41) is 0. The lowest BCUT2D eigenvalue weighted by Crippen LogP contribution is -2.51. The summed E-state index contributed by atoms with van der Waals surface area (Å²) in [5.74, 6) is -0.0705. The van der Waals surface area contributed by atoms with Crippen LogP contribution in [0.5, 0.6) is 0 Å². The lowest BCUT2D eigenvalue weighted by molar-refractivity contribution is 0.0576. The van der Waals surface area contributed by atoms with E-state index >= 15 is 0 Å². The van der Waals surface area contributed by atoms with E-state index in [-0.39, 0.29) is 29.1 Å². The molecule has 1 aromatic heterocycles. The van der Waals surface area contributed by atoms with Gasteiger partial charge in [0.15, 0.2) is 0 Å². The monoisotopic (exact) mass is 330 g/mol. The summed E-state index contributed by atoms with van der Waals surface area (Å²) in [6.45, 7) is 5.07. The minimum atomic E-state index is -0.442. The van der Waals surface area contributed by atoms with Crippen LogP contribution >= 0.6 is 0 Å². The minimum Gasteiger partial charge on any atom is -0.329 e. The summed E-state index contributed by atoms with van der Waals surface area (Å²) < 4.78 is 0. The number of likely N-dealkylation sites (tertiary alicyclic amines) is 2. The van der Waals surface area contributed by atoms with Gasteiger partial charge in [-0.25, -0.2) is 4.79 Å². The molecule has 2 saturated heterocycles. The average Bonchev–Trinajstić information content (AvgIpc) is 2.62. The summed E-state index contributed by atoms with van der Waals surface area (Å²) >= 11 is 0. The van der Waals surface area contributed by atoms with Gasteiger partial charge in [-0.3, -0.25) is 4.79 Å². The second kappa shape index (κ2) is 5.41. The number of aromatic amines is 1. The molecule has 1 N–H and O–H groups in total. The third kappa shape index (κ3) is 2.23. The highest BCUT2D eigenvalue weighted by molar-refractivity contribution is 5.93. The van der Waals surface area contributed by atoms with Crippen molar-refractivity contribution in [1.29, 1.82) is 0 Å². The molecule has 0 radical (unpaired) electrons. The molecule has 3 aliphatic rings. The quantitative estimate of drug-likeness (QED) is 0.848. The van der Waals surface area contributed by atoms with Gasteiger partial charge in [0.2, 0.25) is 0 Å². The maximum Gasteiger partial charge on any atom is 0.345 e. The highest BCUT2D eigenvalue weighted by Gasteiger charge is 2.59. The normalized spacial score (nSPS) is 35.8. The number of nitrogens with one attached hydrogen (secondary N) is 1. The van der Waals surface area contributed by atoms with Crippen LogP contribution in [0.2, 0.25) is 0 Å². The largest absolute Gasteiger partial charge is 0.345 e. The molecule has 2 aliphatic heterocycles. The molecular formula is C18H26N4O2. The number of hydrogen-bond donors (Lipinski definition) is 1. The maximum atomic E-state index is 13.2. The Kier molecular flexibility index (Phi) is 3.56. The second-order valence-corrected chi connectivity index (χ2v) is 8.09. The van der Waals surface area contributed by atoms with Crippen molar-refractivity contribution in [2.75, 3.05) is 13.6 Å². The van der Waals surface area contributed by atoms with Gasteiger partial charge in [-0.2, -0.15) is 4.98 Å². The number of aromatic nitrogens is 2. The lowest BCUT2D eigenvalue weighted by Gasteiger charge is -2.44. The van der Waals surface area contributed by atoms with Crippen LogP contribution in [-0.2, 0) is 0 Å². The van der Waals surface area contributed by atoms with Gasteiger partial charge in [-0.15, -0.1) is 0 Å². The first-order valence-corrected chi connectivity index (χ1v) is 9.01. The molecule has 1 saturated carbocycles. The summed E-state index contributed by atoms with van der Waals surface area (Å²) in [5.41, 5.74) is 0.682. The number of nitrogens with zero attached hydrogens (tertiary/aromatic N) is 3. The van der Waals surface area contributed by atoms with Crippen LogP contribution in [0.3, 0.4) is 0 Å². The topological polar surface area (TPSA) is 69.3 Å². The van der Waals surface area contributed by atoms with Crippen LogP contribution < -0.4 is 5.69 Å². The molecule has 0 spiro atoms. The van der Waals surface area contributed by atoms with Crippen molar-refractivity contribution in [3.8, 4) is 0 Å². The van der Waals surface area contributed by atoms with Crippen LogP contribution in [0.1, 0.15) is 55.2 Å². The molecule has 1 amide bonds. The fraction of sp³-hybridized carbons (Fsp3) is 0.722. The zero-order chi connectivity index (χ0) is 17.1.